The number of thioether (sulfide) groups is 4. The molecule has 8 heterocycles. The van der Waals surface area contributed by atoms with Gasteiger partial charge in [0, 0.05) is 118 Å². The molecule has 0 aromatic heterocycles. The smallest absolute Gasteiger partial charge is 0.261 e. The van der Waals surface area contributed by atoms with Crippen LogP contribution in [0.3, 0.4) is 0 Å². The van der Waals surface area contributed by atoms with Crippen molar-refractivity contribution in [1.29, 1.82) is 0 Å². The van der Waals surface area contributed by atoms with Gasteiger partial charge in [-0.1, -0.05) is 0 Å². The second kappa shape index (κ2) is 43.2. The molecule has 12 rings (SSSR count). The Labute approximate surface area is 715 Å². The lowest BCUT2D eigenvalue weighted by molar-refractivity contribution is -0.329. The van der Waals surface area contributed by atoms with E-state index in [0.717, 1.165) is 9.80 Å². The summed E-state index contributed by atoms with van der Waals surface area (Å²) in [5.74, 6) is -2.31. The number of carbonyl (C=O) groups is 4. The summed E-state index contributed by atoms with van der Waals surface area (Å²) in [5.41, 5.74) is 61.2. The zero-order chi connectivity index (χ0) is 88.3. The van der Waals surface area contributed by atoms with Crippen molar-refractivity contribution in [2.24, 2.45) is 57.3 Å². The van der Waals surface area contributed by atoms with Crippen LogP contribution in [-0.2, 0) is 66.3 Å². The highest BCUT2D eigenvalue weighted by Crippen LogP contribution is 2.42. The van der Waals surface area contributed by atoms with Gasteiger partial charge in [0.2, 0.25) is 0 Å². The summed E-state index contributed by atoms with van der Waals surface area (Å²) in [6.07, 6.45) is -49.9. The number of amides is 4. The predicted octanol–water partition coefficient (Wildman–Crippen LogP) is -14.0. The topological polar surface area (TPSA) is 788 Å². The monoisotopic (exact) mass is 1820 g/mol. The average Bonchev–Trinajstić information content (AvgIpc) is 1.18. The molecule has 36 N–H and O–H groups in total. The molecular weight excluding hydrogens is 1710 g/mol. The number of aliphatic hydroxyl groups is 16. The van der Waals surface area contributed by atoms with Gasteiger partial charge in [-0.3, -0.25) is 29.0 Å². The van der Waals surface area contributed by atoms with Gasteiger partial charge in [0.25, 0.3) is 23.6 Å². The largest absolute Gasteiger partial charge is 0.390 e. The van der Waals surface area contributed by atoms with Crippen molar-refractivity contribution in [1.82, 2.24) is 9.80 Å². The van der Waals surface area contributed by atoms with Crippen LogP contribution in [0.15, 0.2) is 24.3 Å². The van der Waals surface area contributed by atoms with Crippen LogP contribution >= 0.6 is 47.0 Å². The second-order valence-corrected chi connectivity index (χ2v) is 36.0. The quantitative estimate of drug-likeness (QED) is 0.0169. The van der Waals surface area contributed by atoms with Crippen LogP contribution in [0.2, 0.25) is 0 Å². The number of nitrogens with two attached hydrogens (primary N) is 10. The first kappa shape index (κ1) is 97.8. The Kier molecular flexibility index (Phi) is 34.7. The summed E-state index contributed by atoms with van der Waals surface area (Å²) >= 11 is 4.85. The molecule has 40 atom stereocenters. The lowest BCUT2D eigenvalue weighted by atomic mass is 9.84. The first-order chi connectivity index (χ1) is 58.1. The number of nitrogens with zero attached hydrogens (tertiary/aromatic N) is 2. The number of hydrogen-bond donors (Lipinski definition) is 26. The number of aliphatic hydroxyl groups excluding tert-OH is 16. The highest BCUT2D eigenvalue weighted by Gasteiger charge is 2.58. The van der Waals surface area contributed by atoms with Crippen molar-refractivity contribution >= 4 is 81.4 Å². The molecule has 10 aliphatic rings. The van der Waals surface area contributed by atoms with E-state index in [1.165, 1.54) is 71.3 Å². The Balaban J connectivity index is 0.587. The highest BCUT2D eigenvalue weighted by molar-refractivity contribution is 8.00. The lowest BCUT2D eigenvalue weighted by Crippen LogP contribution is -2.67. The van der Waals surface area contributed by atoms with Crippen molar-refractivity contribution in [3.8, 4) is 0 Å². The fourth-order valence-electron chi connectivity index (χ4n) is 16.4. The van der Waals surface area contributed by atoms with Gasteiger partial charge in [0.15, 0.2) is 37.7 Å². The Hall–Kier alpha value is -3.22. The Morgan fingerprint density at radius 2 is 0.631 bits per heavy atom. The Bertz CT molecular complexity index is 3490. The van der Waals surface area contributed by atoms with Gasteiger partial charge in [-0.25, -0.2) is 0 Å². The minimum absolute atomic E-state index is 0.00833. The van der Waals surface area contributed by atoms with Gasteiger partial charge in [0.1, 0.15) is 134 Å². The van der Waals surface area contributed by atoms with Gasteiger partial charge in [-0.2, -0.15) is 23.5 Å². The molecule has 0 spiro atoms. The number of imide groups is 2. The zero-order valence-electron chi connectivity index (χ0n) is 65.9. The van der Waals surface area contributed by atoms with Gasteiger partial charge >= 0.3 is 0 Å². The number of ether oxygens (including phenoxy) is 14. The van der Waals surface area contributed by atoms with Crippen molar-refractivity contribution in [2.45, 2.75) is 258 Å². The van der Waals surface area contributed by atoms with E-state index in [9.17, 15) is 101 Å². The predicted molar refractivity (Wildman–Crippen MR) is 427 cm³/mol. The van der Waals surface area contributed by atoms with Crippen molar-refractivity contribution in [3.63, 3.8) is 0 Å². The number of hydrogen-bond acceptors (Lipinski definition) is 48. The number of β-amino-alcohol motifs (C(OH)–C–C–N with tert-alkyl or cyclic N) is 2. The number of rotatable bonds is 38. The molecule has 2 aliphatic carbocycles. The maximum Gasteiger partial charge on any atom is 0.261 e. The molecule has 8 aliphatic heterocycles. The molecule has 0 radical (unpaired) electrons. The maximum atomic E-state index is 14.2. The van der Waals surface area contributed by atoms with Crippen molar-refractivity contribution < 1.29 is 167 Å². The number of benzene rings is 2. The van der Waals surface area contributed by atoms with E-state index >= 15 is 0 Å². The molecule has 2 unspecified atom stereocenters. The van der Waals surface area contributed by atoms with Gasteiger partial charge in [-0.05, 0) is 37.1 Å². The van der Waals surface area contributed by atoms with Crippen LogP contribution in [0, 0.1) is 0 Å². The van der Waals surface area contributed by atoms with E-state index in [4.69, 9.17) is 124 Å². The molecule has 46 nitrogen and oxygen atoms in total. The SMILES string of the molecule is NC[C@@H]1O[C@@H](O[C@@H]2[C@H](O)[C@@H](O[C@@H]3[C@@H](O)[C@H](N)C[C@H](N)[C@H]3O[C@@H]3O[C@H](CN)[C@@H](O)[C@H](O)[C@H]3O)O[C@H]2CSCOCCSCC(O)CN2C(=O)c3ccc4c5c(ccc(c35)C2=O)C(=O)N(CC(O)CSCCOCSC[C@H]2O[C@@H](O[C@@H]3[C@@H](O)[C@H](N)C[C@H](N)[C@H]3O[C@H]3O[C@H](CN)[C@@H](O)[C@H](O)[C@H]3O)[C@H](O)[C@@H]2O[C@H]2O[C@@H](CN)[C@@H](O)[C@H](O)[C@H]2N)C4=O)[C@@H](N)[C@H](O)[C@H]1O. The molecule has 8 fully saturated rings. The van der Waals surface area contributed by atoms with Gasteiger partial charge in [-0.15, -0.1) is 23.5 Å². The molecular formula is C72H116N12O34S4. The fraction of sp³-hybridized carbons (Fsp3) is 0.806. The lowest BCUT2D eigenvalue weighted by Gasteiger charge is -2.47. The van der Waals surface area contributed by atoms with Gasteiger partial charge < -0.3 is 205 Å². The number of carbonyl (C=O) groups excluding carboxylic acids is 4. The second-order valence-electron chi connectivity index (χ2n) is 31.7. The molecule has 2 saturated carbocycles. The Morgan fingerprint density at radius 1 is 0.344 bits per heavy atom. The standard InChI is InChI=1S/C72H116N12O34S4/c73-11-33-45(89)49(93)41(81)67(107-33)115-59-37(111-71(55(59)99)117-61-43(87)29(77)9-31(79)57(61)113-69-53(97)51(95)47(91)35(13-75)109-69)19-121-21-105-5-7-119-17-23(85)15-83-63(101)25-1-2-26-40-28(4-3-27(39(25)40)65(83)103)66(104)84(64(26)102)16-24(86)18-120-8-6-106-22-122-20-38-60(116-68-42(82)50(94)46(90)34(12-74)108-68)56(100)72(112-38)118-62-44(88)30(78)10-32(80)58(62)114-70-54(98)52(96)48(92)36(14-76)110-70/h1-4,23-24,29-38,41-62,67-72,85-100H,5-22,73-82H2/t23?,24?,29-,30-,31+,32+,33+,34+,35-,36-,37-,38+,41-,42+,43+,44+,45-,46+,47-,48-,49-,50+,51+,52+,53-,54-,55-,56+,57-,58-,59-,60+,61-,62-,67-,68+,69-,70+,71+,72-/m1/s1. The Morgan fingerprint density at radius 3 is 0.959 bits per heavy atom. The first-order valence-electron chi connectivity index (χ1n) is 40.0. The van der Waals surface area contributed by atoms with Crippen LogP contribution in [0.1, 0.15) is 54.3 Å². The molecule has 50 heteroatoms. The molecule has 6 saturated heterocycles. The van der Waals surface area contributed by atoms with Crippen LogP contribution in [0.4, 0.5) is 0 Å². The minimum Gasteiger partial charge on any atom is -0.390 e. The minimum atomic E-state index is -1.81. The molecule has 2 aromatic rings. The summed E-state index contributed by atoms with van der Waals surface area (Å²) in [5, 5.41) is 176. The summed E-state index contributed by atoms with van der Waals surface area (Å²) in [4.78, 5) is 58.5. The van der Waals surface area contributed by atoms with E-state index in [1.807, 2.05) is 0 Å². The fourth-order valence-corrected chi connectivity index (χ4v) is 19.7. The first-order valence-corrected chi connectivity index (χ1v) is 44.6. The summed E-state index contributed by atoms with van der Waals surface area (Å²) in [6, 6.07) is -1.25. The van der Waals surface area contributed by atoms with Crippen LogP contribution in [-0.4, -0.2) is 459 Å². The van der Waals surface area contributed by atoms with E-state index in [0.29, 0.717) is 11.5 Å². The van der Waals surface area contributed by atoms with Crippen molar-refractivity contribution in [3.05, 3.63) is 46.5 Å². The third-order valence-electron chi connectivity index (χ3n) is 23.3. The third kappa shape index (κ3) is 21.0. The van der Waals surface area contributed by atoms with Crippen LogP contribution in [0.5, 0.6) is 0 Å². The van der Waals surface area contributed by atoms with E-state index in [-0.39, 0.29) is 120 Å². The normalized spacial score (nSPS) is 42.5. The van der Waals surface area contributed by atoms with E-state index in [2.05, 4.69) is 0 Å². The van der Waals surface area contributed by atoms with Crippen molar-refractivity contribution in [2.75, 3.05) is 98.9 Å². The highest BCUT2D eigenvalue weighted by atomic mass is 32.2. The third-order valence-corrected chi connectivity index (χ3v) is 27.3. The maximum absolute atomic E-state index is 14.2. The van der Waals surface area contributed by atoms with Crippen LogP contribution in [0.25, 0.3) is 10.8 Å². The summed E-state index contributed by atoms with van der Waals surface area (Å²) < 4.78 is 84.2. The summed E-state index contributed by atoms with van der Waals surface area (Å²) in [6.45, 7) is -1.64. The van der Waals surface area contributed by atoms with E-state index < -0.39 is 282 Å². The zero-order valence-corrected chi connectivity index (χ0v) is 69.2. The summed E-state index contributed by atoms with van der Waals surface area (Å²) in [7, 11) is 0. The van der Waals surface area contributed by atoms with Gasteiger partial charge in [0.05, 0.1) is 86.9 Å². The molecule has 0 bridgehead atoms. The van der Waals surface area contributed by atoms with E-state index in [1.54, 1.807) is 0 Å². The molecule has 4 amide bonds. The average molecular weight is 1820 g/mol. The molecule has 692 valence electrons. The van der Waals surface area contributed by atoms with Crippen LogP contribution < -0.4 is 57.3 Å². The molecule has 2 aromatic carbocycles. The molecule has 122 heavy (non-hydrogen) atoms.